The van der Waals surface area contributed by atoms with Crippen LogP contribution in [0.25, 0.3) is 0 Å². The van der Waals surface area contributed by atoms with Crippen LogP contribution in [-0.4, -0.2) is 55.9 Å². The fourth-order valence-electron chi connectivity index (χ4n) is 2.04. The molecule has 1 N–H and O–H groups in total. The third-order valence-corrected chi connectivity index (χ3v) is 4.28. The Morgan fingerprint density at radius 1 is 1.24 bits per heavy atom. The highest BCUT2D eigenvalue weighted by molar-refractivity contribution is 9.09. The Morgan fingerprint density at radius 3 is 2.59 bits per heavy atom. The lowest BCUT2D eigenvalue weighted by atomic mass is 9.92. The van der Waals surface area contributed by atoms with Crippen molar-refractivity contribution in [3.63, 3.8) is 0 Å². The van der Waals surface area contributed by atoms with Gasteiger partial charge in [0, 0.05) is 18.5 Å². The van der Waals surface area contributed by atoms with Crippen molar-refractivity contribution in [2.75, 3.05) is 38.4 Å². The van der Waals surface area contributed by atoms with E-state index in [1.165, 1.54) is 0 Å². The zero-order valence-electron chi connectivity index (χ0n) is 9.75. The minimum Gasteiger partial charge on any atom is -0.381 e. The molecular formula is C11H18BrNO4. The van der Waals surface area contributed by atoms with Crippen molar-refractivity contribution in [2.45, 2.75) is 24.5 Å². The SMILES string of the molecule is O=C(NC1(CBr)CCOCC1)C1COCCO1. The van der Waals surface area contributed by atoms with E-state index in [0.717, 1.165) is 18.2 Å². The normalized spacial score (nSPS) is 28.6. The van der Waals surface area contributed by atoms with Gasteiger partial charge in [0.2, 0.25) is 0 Å². The number of halogens is 1. The lowest BCUT2D eigenvalue weighted by molar-refractivity contribution is -0.150. The van der Waals surface area contributed by atoms with Gasteiger partial charge in [0.15, 0.2) is 6.10 Å². The zero-order chi connectivity index (χ0) is 12.1. The smallest absolute Gasteiger partial charge is 0.252 e. The van der Waals surface area contributed by atoms with Crippen molar-refractivity contribution in [1.29, 1.82) is 0 Å². The van der Waals surface area contributed by atoms with Crippen LogP contribution < -0.4 is 5.32 Å². The first kappa shape index (κ1) is 13.3. The van der Waals surface area contributed by atoms with Gasteiger partial charge in [-0.15, -0.1) is 0 Å². The summed E-state index contributed by atoms with van der Waals surface area (Å²) >= 11 is 3.48. The molecule has 0 aliphatic carbocycles. The Balaban J connectivity index is 1.90. The number of carbonyl (C=O) groups is 1. The first-order chi connectivity index (χ1) is 8.26. The molecule has 2 heterocycles. The summed E-state index contributed by atoms with van der Waals surface area (Å²) in [5.74, 6) is -0.0777. The van der Waals surface area contributed by atoms with Crippen molar-refractivity contribution in [3.8, 4) is 0 Å². The third kappa shape index (κ3) is 3.40. The van der Waals surface area contributed by atoms with E-state index in [4.69, 9.17) is 14.2 Å². The Labute approximate surface area is 109 Å². The molecule has 0 bridgehead atoms. The van der Waals surface area contributed by atoms with Crippen LogP contribution in [0.1, 0.15) is 12.8 Å². The monoisotopic (exact) mass is 307 g/mol. The fourth-order valence-corrected chi connectivity index (χ4v) is 2.74. The van der Waals surface area contributed by atoms with E-state index < -0.39 is 6.10 Å². The number of ether oxygens (including phenoxy) is 3. The van der Waals surface area contributed by atoms with Gasteiger partial charge in [-0.2, -0.15) is 0 Å². The van der Waals surface area contributed by atoms with Crippen molar-refractivity contribution in [2.24, 2.45) is 0 Å². The van der Waals surface area contributed by atoms with Gasteiger partial charge < -0.3 is 19.5 Å². The highest BCUT2D eigenvalue weighted by Crippen LogP contribution is 2.23. The molecule has 0 aromatic rings. The molecule has 5 nitrogen and oxygen atoms in total. The molecule has 2 fully saturated rings. The van der Waals surface area contributed by atoms with Gasteiger partial charge in [0.25, 0.3) is 5.91 Å². The Hall–Kier alpha value is -0.170. The summed E-state index contributed by atoms with van der Waals surface area (Å²) < 4.78 is 15.9. The summed E-state index contributed by atoms with van der Waals surface area (Å²) in [5, 5.41) is 3.82. The number of hydrogen-bond donors (Lipinski definition) is 1. The number of carbonyl (C=O) groups excluding carboxylic acids is 1. The zero-order valence-corrected chi connectivity index (χ0v) is 11.3. The molecule has 0 aromatic carbocycles. The van der Waals surface area contributed by atoms with Gasteiger partial charge in [0.05, 0.1) is 25.4 Å². The molecule has 1 unspecified atom stereocenters. The number of nitrogens with one attached hydrogen (secondary N) is 1. The largest absolute Gasteiger partial charge is 0.381 e. The van der Waals surface area contributed by atoms with Crippen LogP contribution >= 0.6 is 15.9 Å². The molecule has 2 rings (SSSR count). The summed E-state index contributed by atoms with van der Waals surface area (Å²) in [6.07, 6.45) is 1.19. The standard InChI is InChI=1S/C11H18BrNO4/c12-8-11(1-3-15-4-2-11)13-10(14)9-7-16-5-6-17-9/h9H,1-8H2,(H,13,14). The molecule has 2 aliphatic rings. The second-order valence-electron chi connectivity index (χ2n) is 4.45. The molecular weight excluding hydrogens is 290 g/mol. The molecule has 0 radical (unpaired) electrons. The van der Waals surface area contributed by atoms with Gasteiger partial charge in [-0.1, -0.05) is 15.9 Å². The maximum Gasteiger partial charge on any atom is 0.252 e. The molecule has 2 saturated heterocycles. The predicted molar refractivity (Wildman–Crippen MR) is 65.3 cm³/mol. The summed E-state index contributed by atoms with van der Waals surface area (Å²) in [5.41, 5.74) is -0.198. The second kappa shape index (κ2) is 6.13. The molecule has 98 valence electrons. The average molecular weight is 308 g/mol. The first-order valence-corrected chi connectivity index (χ1v) is 7.03. The average Bonchev–Trinajstić information content (AvgIpc) is 2.41. The van der Waals surface area contributed by atoms with Gasteiger partial charge in [-0.3, -0.25) is 4.79 Å². The van der Waals surface area contributed by atoms with Crippen molar-refractivity contribution >= 4 is 21.8 Å². The van der Waals surface area contributed by atoms with Crippen LogP contribution in [-0.2, 0) is 19.0 Å². The van der Waals surface area contributed by atoms with E-state index >= 15 is 0 Å². The number of alkyl halides is 1. The molecule has 0 saturated carbocycles. The van der Waals surface area contributed by atoms with Crippen LogP contribution in [0, 0.1) is 0 Å². The van der Waals surface area contributed by atoms with Crippen LogP contribution in [0.15, 0.2) is 0 Å². The van der Waals surface area contributed by atoms with Crippen molar-refractivity contribution < 1.29 is 19.0 Å². The molecule has 1 amide bonds. The lowest BCUT2D eigenvalue weighted by Gasteiger charge is -2.37. The molecule has 17 heavy (non-hydrogen) atoms. The summed E-state index contributed by atoms with van der Waals surface area (Å²) in [6, 6.07) is 0. The van der Waals surface area contributed by atoms with Crippen LogP contribution in [0.4, 0.5) is 0 Å². The Morgan fingerprint density at radius 2 is 2.00 bits per heavy atom. The maximum absolute atomic E-state index is 12.1. The first-order valence-electron chi connectivity index (χ1n) is 5.91. The molecule has 0 spiro atoms. The van der Waals surface area contributed by atoms with Crippen LogP contribution in [0.2, 0.25) is 0 Å². The van der Waals surface area contributed by atoms with E-state index in [2.05, 4.69) is 21.2 Å². The van der Waals surface area contributed by atoms with Crippen LogP contribution in [0.3, 0.4) is 0 Å². The fraction of sp³-hybridized carbons (Fsp3) is 0.909. The van der Waals surface area contributed by atoms with Gasteiger partial charge >= 0.3 is 0 Å². The molecule has 2 aliphatic heterocycles. The Bertz CT molecular complexity index is 262. The quantitative estimate of drug-likeness (QED) is 0.770. The third-order valence-electron chi connectivity index (χ3n) is 3.20. The summed E-state index contributed by atoms with van der Waals surface area (Å²) in [6.45, 7) is 2.78. The number of hydrogen-bond acceptors (Lipinski definition) is 4. The number of rotatable bonds is 3. The summed E-state index contributed by atoms with van der Waals surface area (Å²) in [7, 11) is 0. The van der Waals surface area contributed by atoms with E-state index in [0.29, 0.717) is 33.0 Å². The Kier molecular flexibility index (Phi) is 4.78. The van der Waals surface area contributed by atoms with E-state index in [1.807, 2.05) is 0 Å². The van der Waals surface area contributed by atoms with Gasteiger partial charge in [-0.05, 0) is 12.8 Å². The van der Waals surface area contributed by atoms with E-state index in [1.54, 1.807) is 0 Å². The molecule has 1 atom stereocenters. The highest BCUT2D eigenvalue weighted by atomic mass is 79.9. The lowest BCUT2D eigenvalue weighted by Crippen LogP contribution is -2.57. The maximum atomic E-state index is 12.1. The summed E-state index contributed by atoms with van der Waals surface area (Å²) in [4.78, 5) is 12.1. The predicted octanol–water partition coefficient (Wildman–Crippen LogP) is 0.462. The van der Waals surface area contributed by atoms with Gasteiger partial charge in [-0.25, -0.2) is 0 Å². The van der Waals surface area contributed by atoms with E-state index in [9.17, 15) is 4.79 Å². The highest BCUT2D eigenvalue weighted by Gasteiger charge is 2.35. The van der Waals surface area contributed by atoms with Crippen molar-refractivity contribution in [1.82, 2.24) is 5.32 Å². The molecule has 0 aromatic heterocycles. The van der Waals surface area contributed by atoms with E-state index in [-0.39, 0.29) is 11.4 Å². The second-order valence-corrected chi connectivity index (χ2v) is 5.01. The minimum atomic E-state index is -0.470. The topological polar surface area (TPSA) is 56.8 Å². The van der Waals surface area contributed by atoms with Crippen LogP contribution in [0.5, 0.6) is 0 Å². The van der Waals surface area contributed by atoms with Gasteiger partial charge in [0.1, 0.15) is 0 Å². The number of amides is 1. The minimum absolute atomic E-state index is 0.0777. The van der Waals surface area contributed by atoms with Crippen molar-refractivity contribution in [3.05, 3.63) is 0 Å². The molecule has 6 heteroatoms.